The molecular formula is C21H18Cl2N2O4S. The van der Waals surface area contributed by atoms with Crippen LogP contribution in [0.3, 0.4) is 0 Å². The molecule has 0 atom stereocenters. The minimum absolute atomic E-state index is 0.0539. The van der Waals surface area contributed by atoms with E-state index in [0.29, 0.717) is 39.9 Å². The van der Waals surface area contributed by atoms with Gasteiger partial charge in [0.05, 0.1) is 26.7 Å². The van der Waals surface area contributed by atoms with Crippen molar-refractivity contribution in [3.63, 3.8) is 0 Å². The molecular weight excluding hydrogens is 447 g/mol. The summed E-state index contributed by atoms with van der Waals surface area (Å²) in [6.45, 7) is 0.938. The molecule has 0 spiro atoms. The molecule has 2 aromatic carbocycles. The van der Waals surface area contributed by atoms with Crippen molar-refractivity contribution < 1.29 is 18.3 Å². The Bertz CT molecular complexity index is 1260. The van der Waals surface area contributed by atoms with Crippen molar-refractivity contribution in [2.24, 2.45) is 0 Å². The molecule has 0 amide bonds. The van der Waals surface area contributed by atoms with Gasteiger partial charge in [0.1, 0.15) is 0 Å². The van der Waals surface area contributed by atoms with Crippen LogP contribution in [0.2, 0.25) is 10.0 Å². The molecule has 1 N–H and O–H groups in total. The fraction of sp³-hybridized carbons (Fsp3) is 0.238. The van der Waals surface area contributed by atoms with Gasteiger partial charge in [-0.2, -0.15) is 4.31 Å². The standard InChI is InChI=1S/C21H18Cl2N2O4S/c22-13-4-6-18(23)17(10-13)20-12-16(21(26)27)15-11-14(5-7-19(15)24-20)30(28,29)25-8-2-1-3-9-25/h4-7,10-12H,1-3,8-9H2,(H,26,27). The van der Waals surface area contributed by atoms with E-state index in [4.69, 9.17) is 23.2 Å². The van der Waals surface area contributed by atoms with Crippen molar-refractivity contribution in [2.45, 2.75) is 24.2 Å². The summed E-state index contributed by atoms with van der Waals surface area (Å²) in [5.41, 5.74) is 1.15. The number of halogens is 2. The molecule has 1 saturated heterocycles. The summed E-state index contributed by atoms with van der Waals surface area (Å²) in [6, 6.07) is 10.6. The first-order valence-electron chi connectivity index (χ1n) is 9.41. The van der Waals surface area contributed by atoms with Crippen LogP contribution in [0, 0.1) is 0 Å². The SMILES string of the molecule is O=C(O)c1cc(-c2cc(Cl)ccc2Cl)nc2ccc(S(=O)(=O)N3CCCCC3)cc12. The summed E-state index contributed by atoms with van der Waals surface area (Å²) in [4.78, 5) is 16.5. The lowest BCUT2D eigenvalue weighted by Gasteiger charge is -2.26. The number of aromatic carboxylic acids is 1. The number of fused-ring (bicyclic) bond motifs is 1. The lowest BCUT2D eigenvalue weighted by molar-refractivity contribution is 0.0699. The van der Waals surface area contributed by atoms with Gasteiger partial charge in [0, 0.05) is 29.1 Å². The number of hydrogen-bond donors (Lipinski definition) is 1. The monoisotopic (exact) mass is 464 g/mol. The molecule has 0 aliphatic carbocycles. The molecule has 0 unspecified atom stereocenters. The molecule has 1 aliphatic rings. The van der Waals surface area contributed by atoms with Crippen molar-refractivity contribution in [1.29, 1.82) is 0 Å². The number of nitrogens with zero attached hydrogens (tertiary/aromatic N) is 2. The molecule has 0 bridgehead atoms. The molecule has 3 aromatic rings. The summed E-state index contributed by atoms with van der Waals surface area (Å²) >= 11 is 12.3. The zero-order valence-corrected chi connectivity index (χ0v) is 18.1. The molecule has 0 radical (unpaired) electrons. The van der Waals surface area contributed by atoms with E-state index in [2.05, 4.69) is 4.98 Å². The number of piperidine rings is 1. The first-order chi connectivity index (χ1) is 14.3. The number of benzene rings is 2. The van der Waals surface area contributed by atoms with Crippen LogP contribution in [0.1, 0.15) is 29.6 Å². The Morgan fingerprint density at radius 1 is 1.00 bits per heavy atom. The normalized spacial score (nSPS) is 15.4. The van der Waals surface area contributed by atoms with Gasteiger partial charge in [-0.15, -0.1) is 0 Å². The zero-order valence-electron chi connectivity index (χ0n) is 15.8. The van der Waals surface area contributed by atoms with Crippen LogP contribution in [-0.2, 0) is 10.0 Å². The van der Waals surface area contributed by atoms with Gasteiger partial charge in [0.25, 0.3) is 0 Å². The van der Waals surface area contributed by atoms with E-state index in [1.165, 1.54) is 28.6 Å². The van der Waals surface area contributed by atoms with Crippen molar-refractivity contribution in [2.75, 3.05) is 13.1 Å². The summed E-state index contributed by atoms with van der Waals surface area (Å²) in [5.74, 6) is -1.19. The Morgan fingerprint density at radius 2 is 1.73 bits per heavy atom. The summed E-state index contributed by atoms with van der Waals surface area (Å²) in [5, 5.41) is 10.8. The molecule has 4 rings (SSSR count). The number of rotatable bonds is 4. The fourth-order valence-corrected chi connectivity index (χ4v) is 5.56. The van der Waals surface area contributed by atoms with Crippen molar-refractivity contribution in [1.82, 2.24) is 9.29 Å². The number of hydrogen-bond acceptors (Lipinski definition) is 4. The molecule has 1 aliphatic heterocycles. The largest absolute Gasteiger partial charge is 0.478 e. The summed E-state index contributed by atoms with van der Waals surface area (Å²) in [6.07, 6.45) is 2.64. The molecule has 30 heavy (non-hydrogen) atoms. The highest BCUT2D eigenvalue weighted by atomic mass is 35.5. The van der Waals surface area contributed by atoms with E-state index in [9.17, 15) is 18.3 Å². The van der Waals surface area contributed by atoms with Gasteiger partial charge >= 0.3 is 5.97 Å². The second-order valence-electron chi connectivity index (χ2n) is 7.13. The Hall–Kier alpha value is -2.19. The van der Waals surface area contributed by atoms with E-state index in [1.54, 1.807) is 18.2 Å². The molecule has 6 nitrogen and oxygen atoms in total. The maximum Gasteiger partial charge on any atom is 0.336 e. The Morgan fingerprint density at radius 3 is 2.43 bits per heavy atom. The maximum atomic E-state index is 13.0. The van der Waals surface area contributed by atoms with Gasteiger partial charge in [-0.25, -0.2) is 18.2 Å². The molecule has 1 fully saturated rings. The van der Waals surface area contributed by atoms with Crippen LogP contribution in [-0.4, -0.2) is 41.9 Å². The molecule has 9 heteroatoms. The van der Waals surface area contributed by atoms with Crippen LogP contribution in [0.4, 0.5) is 0 Å². The van der Waals surface area contributed by atoms with Gasteiger partial charge in [0.2, 0.25) is 10.0 Å². The molecule has 2 heterocycles. The summed E-state index contributed by atoms with van der Waals surface area (Å²) < 4.78 is 27.5. The quantitative estimate of drug-likeness (QED) is 0.581. The third-order valence-corrected chi connectivity index (χ3v) is 7.63. The van der Waals surface area contributed by atoms with Crippen molar-refractivity contribution >= 4 is 50.1 Å². The van der Waals surface area contributed by atoms with E-state index >= 15 is 0 Å². The third kappa shape index (κ3) is 3.90. The van der Waals surface area contributed by atoms with E-state index in [1.807, 2.05) is 0 Å². The minimum atomic E-state index is -3.70. The highest BCUT2D eigenvalue weighted by Crippen LogP contribution is 2.33. The second-order valence-corrected chi connectivity index (χ2v) is 9.91. The van der Waals surface area contributed by atoms with E-state index in [0.717, 1.165) is 19.3 Å². The topological polar surface area (TPSA) is 87.6 Å². The van der Waals surface area contributed by atoms with Gasteiger partial charge in [-0.1, -0.05) is 29.6 Å². The van der Waals surface area contributed by atoms with Crippen LogP contribution < -0.4 is 0 Å². The highest BCUT2D eigenvalue weighted by Gasteiger charge is 2.27. The third-order valence-electron chi connectivity index (χ3n) is 5.17. The lowest BCUT2D eigenvalue weighted by atomic mass is 10.0. The van der Waals surface area contributed by atoms with Crippen molar-refractivity contribution in [3.05, 3.63) is 58.1 Å². The van der Waals surface area contributed by atoms with Crippen LogP contribution in [0.15, 0.2) is 47.4 Å². The van der Waals surface area contributed by atoms with Crippen molar-refractivity contribution in [3.8, 4) is 11.3 Å². The number of carboxylic acid groups (broad SMARTS) is 1. The number of aromatic nitrogens is 1. The Balaban J connectivity index is 1.88. The van der Waals surface area contributed by atoms with E-state index < -0.39 is 16.0 Å². The minimum Gasteiger partial charge on any atom is -0.478 e. The average molecular weight is 465 g/mol. The predicted octanol–water partition coefficient (Wildman–Crippen LogP) is 5.08. The average Bonchev–Trinajstić information content (AvgIpc) is 2.74. The molecule has 0 saturated carbocycles. The van der Waals surface area contributed by atoms with Crippen LogP contribution in [0.5, 0.6) is 0 Å². The number of carbonyl (C=O) groups is 1. The number of sulfonamides is 1. The zero-order chi connectivity index (χ0) is 21.5. The van der Waals surface area contributed by atoms with Crippen LogP contribution in [0.25, 0.3) is 22.2 Å². The number of carboxylic acids is 1. The maximum absolute atomic E-state index is 13.0. The van der Waals surface area contributed by atoms with Gasteiger partial charge in [-0.05, 0) is 55.3 Å². The first kappa shape index (κ1) is 21.1. The molecule has 156 valence electrons. The van der Waals surface area contributed by atoms with Gasteiger partial charge in [0.15, 0.2) is 0 Å². The molecule has 1 aromatic heterocycles. The van der Waals surface area contributed by atoms with Gasteiger partial charge < -0.3 is 5.11 Å². The second kappa shape index (κ2) is 8.15. The van der Waals surface area contributed by atoms with Crippen LogP contribution >= 0.6 is 23.2 Å². The van der Waals surface area contributed by atoms with Gasteiger partial charge in [-0.3, -0.25) is 0 Å². The first-order valence-corrected chi connectivity index (χ1v) is 11.6. The highest BCUT2D eigenvalue weighted by molar-refractivity contribution is 7.89. The number of pyridine rings is 1. The smallest absolute Gasteiger partial charge is 0.336 e. The summed E-state index contributed by atoms with van der Waals surface area (Å²) in [7, 11) is -3.70. The van der Waals surface area contributed by atoms with E-state index in [-0.39, 0.29) is 15.8 Å². The Labute approximate surface area is 184 Å². The Kier molecular flexibility index (Phi) is 5.72. The fourth-order valence-electron chi connectivity index (χ4n) is 3.63. The lowest BCUT2D eigenvalue weighted by Crippen LogP contribution is -2.35. The predicted molar refractivity (Wildman–Crippen MR) is 117 cm³/mol.